The van der Waals surface area contributed by atoms with Crippen LogP contribution in [0.25, 0.3) is 5.76 Å². The average Bonchev–Trinajstić information content (AvgIpc) is 2.68. The molecule has 6 N–H and O–H groups in total. The van der Waals surface area contributed by atoms with E-state index in [0.29, 0.717) is 6.07 Å². The lowest BCUT2D eigenvalue weighted by atomic mass is 9.57. The maximum Gasteiger partial charge on any atom is 0.255 e. The van der Waals surface area contributed by atoms with Crippen LogP contribution in [0.15, 0.2) is 23.0 Å². The number of ketones is 2. The van der Waals surface area contributed by atoms with Gasteiger partial charge < -0.3 is 26.2 Å². The van der Waals surface area contributed by atoms with Crippen molar-refractivity contribution in [1.29, 1.82) is 0 Å². The number of likely N-dealkylation sites (N-methyl/N-ethyl adjacent to an activating group) is 1. The molecule has 1 aromatic carbocycles. The van der Waals surface area contributed by atoms with Gasteiger partial charge in [0.25, 0.3) is 5.91 Å². The number of phenolic OH excluding ortho intramolecular Hbond substituents is 1. The van der Waals surface area contributed by atoms with Gasteiger partial charge in [0, 0.05) is 23.1 Å². The van der Waals surface area contributed by atoms with Crippen LogP contribution < -0.4 is 5.73 Å². The number of primary amides is 1. The van der Waals surface area contributed by atoms with E-state index in [4.69, 9.17) is 5.73 Å². The van der Waals surface area contributed by atoms with Crippen LogP contribution in [0.3, 0.4) is 0 Å². The SMILES string of the molecule is CN(C)C1C(=O)C(C(N)=O)=C(O)C2(O)C(=O)C3=C(O)c4c(O)c(F)cc(F)c4CC3CC12. The molecule has 0 spiro atoms. The minimum absolute atomic E-state index is 0.177. The number of carbonyl (C=O) groups is 3. The molecule has 3 aliphatic rings. The van der Waals surface area contributed by atoms with Gasteiger partial charge in [0.1, 0.15) is 22.9 Å². The molecule has 1 saturated carbocycles. The number of fused-ring (bicyclic) bond motifs is 3. The highest BCUT2D eigenvalue weighted by Gasteiger charge is 2.64. The van der Waals surface area contributed by atoms with Gasteiger partial charge in [-0.25, -0.2) is 8.78 Å². The van der Waals surface area contributed by atoms with Crippen molar-refractivity contribution in [3.63, 3.8) is 0 Å². The van der Waals surface area contributed by atoms with Crippen molar-refractivity contribution in [3.8, 4) is 5.75 Å². The Hall–Kier alpha value is -3.31. The molecule has 9 nitrogen and oxygen atoms in total. The zero-order valence-corrected chi connectivity index (χ0v) is 17.0. The Morgan fingerprint density at radius 3 is 2.38 bits per heavy atom. The van der Waals surface area contributed by atoms with Crippen LogP contribution in [0.1, 0.15) is 17.5 Å². The van der Waals surface area contributed by atoms with Gasteiger partial charge in [0.2, 0.25) is 5.78 Å². The van der Waals surface area contributed by atoms with Crippen LogP contribution in [0.4, 0.5) is 8.78 Å². The number of hydrogen-bond acceptors (Lipinski definition) is 8. The van der Waals surface area contributed by atoms with Crippen LogP contribution in [-0.4, -0.2) is 68.5 Å². The fourth-order valence-electron chi connectivity index (χ4n) is 5.24. The van der Waals surface area contributed by atoms with Crippen LogP contribution in [0.5, 0.6) is 5.75 Å². The molecule has 0 aliphatic heterocycles. The lowest BCUT2D eigenvalue weighted by Crippen LogP contribution is -2.65. The lowest BCUT2D eigenvalue weighted by molar-refractivity contribution is -0.153. The quantitative estimate of drug-likeness (QED) is 0.401. The Kier molecular flexibility index (Phi) is 4.68. The predicted octanol–water partition coefficient (Wildman–Crippen LogP) is 0.242. The standard InChI is InChI=1S/C21H20F2N2O7/c1-25(2)14-8-4-6-3-7-9(22)5-10(23)15(26)12(7)16(27)11(6)18(29)21(8,32)19(30)13(17(14)28)20(24)31/h5-6,8,14,26-27,30,32H,3-4H2,1-2H3,(H2,24,31). The fraction of sp³-hybridized carbons (Fsp3) is 0.381. The van der Waals surface area contributed by atoms with E-state index in [1.165, 1.54) is 19.0 Å². The van der Waals surface area contributed by atoms with Crippen molar-refractivity contribution < 1.29 is 43.6 Å². The molecule has 1 aromatic rings. The van der Waals surface area contributed by atoms with Crippen LogP contribution >= 0.6 is 0 Å². The summed E-state index contributed by atoms with van der Waals surface area (Å²) >= 11 is 0. The van der Waals surface area contributed by atoms with Gasteiger partial charge in [-0.3, -0.25) is 19.3 Å². The maximum atomic E-state index is 14.4. The molecule has 0 saturated heterocycles. The number of aliphatic hydroxyl groups excluding tert-OH is 2. The third-order valence-corrected chi connectivity index (χ3v) is 6.62. The van der Waals surface area contributed by atoms with Crippen molar-refractivity contribution in [3.05, 3.63) is 45.7 Å². The Morgan fingerprint density at radius 1 is 1.19 bits per heavy atom. The summed E-state index contributed by atoms with van der Waals surface area (Å²) in [5, 5.41) is 42.8. The monoisotopic (exact) mass is 450 g/mol. The first-order chi connectivity index (χ1) is 14.8. The smallest absolute Gasteiger partial charge is 0.255 e. The van der Waals surface area contributed by atoms with Gasteiger partial charge in [-0.15, -0.1) is 0 Å². The van der Waals surface area contributed by atoms with Crippen molar-refractivity contribution in [2.75, 3.05) is 14.1 Å². The Morgan fingerprint density at radius 2 is 1.81 bits per heavy atom. The first-order valence-electron chi connectivity index (χ1n) is 9.68. The number of hydrogen-bond donors (Lipinski definition) is 5. The molecule has 32 heavy (non-hydrogen) atoms. The third kappa shape index (κ3) is 2.58. The second kappa shape index (κ2) is 6.84. The molecule has 0 aromatic heterocycles. The van der Waals surface area contributed by atoms with Crippen molar-refractivity contribution in [1.82, 2.24) is 4.90 Å². The molecule has 0 bridgehead atoms. The van der Waals surface area contributed by atoms with Crippen LogP contribution in [0.2, 0.25) is 0 Å². The second-order valence-electron chi connectivity index (χ2n) is 8.50. The molecular weight excluding hydrogens is 430 g/mol. The van der Waals surface area contributed by atoms with Gasteiger partial charge >= 0.3 is 0 Å². The lowest BCUT2D eigenvalue weighted by Gasteiger charge is -2.50. The van der Waals surface area contributed by atoms with Crippen LogP contribution in [-0.2, 0) is 20.8 Å². The number of benzene rings is 1. The molecule has 1 amide bonds. The molecule has 4 unspecified atom stereocenters. The number of amides is 1. The van der Waals surface area contributed by atoms with E-state index in [2.05, 4.69) is 0 Å². The summed E-state index contributed by atoms with van der Waals surface area (Å²) in [6, 6.07) is -0.785. The summed E-state index contributed by atoms with van der Waals surface area (Å²) in [7, 11) is 2.93. The molecule has 170 valence electrons. The molecule has 1 fully saturated rings. The number of nitrogens with two attached hydrogens (primary N) is 1. The first kappa shape index (κ1) is 21.9. The zero-order chi connectivity index (χ0) is 23.9. The highest BCUT2D eigenvalue weighted by atomic mass is 19.1. The molecule has 0 heterocycles. The summed E-state index contributed by atoms with van der Waals surface area (Å²) < 4.78 is 28.3. The van der Waals surface area contributed by atoms with E-state index in [0.717, 1.165) is 0 Å². The first-order valence-corrected chi connectivity index (χ1v) is 9.68. The number of nitrogens with zero attached hydrogens (tertiary/aromatic N) is 1. The minimum atomic E-state index is -2.80. The number of halogens is 2. The molecule has 4 rings (SSSR count). The number of phenols is 1. The zero-order valence-electron chi connectivity index (χ0n) is 17.0. The Labute approximate surface area is 180 Å². The highest BCUT2D eigenvalue weighted by molar-refractivity contribution is 6.24. The minimum Gasteiger partial charge on any atom is -0.508 e. The molecule has 4 atom stereocenters. The second-order valence-corrected chi connectivity index (χ2v) is 8.50. The summed E-state index contributed by atoms with van der Waals surface area (Å²) in [4.78, 5) is 39.6. The topological polar surface area (TPSA) is 161 Å². The fourth-order valence-corrected chi connectivity index (χ4v) is 5.24. The Balaban J connectivity index is 2.00. The predicted molar refractivity (Wildman–Crippen MR) is 104 cm³/mol. The number of aliphatic hydroxyl groups is 3. The van der Waals surface area contributed by atoms with Crippen molar-refractivity contribution >= 4 is 23.2 Å². The largest absolute Gasteiger partial charge is 0.508 e. The highest BCUT2D eigenvalue weighted by Crippen LogP contribution is 2.53. The molecule has 3 aliphatic carbocycles. The van der Waals surface area contributed by atoms with Gasteiger partial charge in [-0.1, -0.05) is 0 Å². The van der Waals surface area contributed by atoms with Gasteiger partial charge in [0.15, 0.2) is 23.0 Å². The summed E-state index contributed by atoms with van der Waals surface area (Å²) in [5.74, 6) is -11.3. The molecular formula is C21H20F2N2O7. The number of Topliss-reactive ketones (excluding diaryl/α,β-unsaturated/α-hetero) is 2. The van der Waals surface area contributed by atoms with E-state index >= 15 is 0 Å². The van der Waals surface area contributed by atoms with Gasteiger partial charge in [0.05, 0.1) is 11.6 Å². The van der Waals surface area contributed by atoms with Gasteiger partial charge in [-0.2, -0.15) is 0 Å². The number of carbonyl (C=O) groups excluding carboxylic acids is 3. The molecule has 0 radical (unpaired) electrons. The summed E-state index contributed by atoms with van der Waals surface area (Å²) in [6.45, 7) is 0. The number of aromatic hydroxyl groups is 1. The van der Waals surface area contributed by atoms with E-state index in [1.54, 1.807) is 0 Å². The normalized spacial score (nSPS) is 29.8. The molecule has 11 heteroatoms. The summed E-state index contributed by atoms with van der Waals surface area (Å²) in [5.41, 5.74) is 0.150. The third-order valence-electron chi connectivity index (χ3n) is 6.62. The van der Waals surface area contributed by atoms with Crippen LogP contribution in [0, 0.1) is 23.5 Å². The van der Waals surface area contributed by atoms with Crippen molar-refractivity contribution in [2.45, 2.75) is 24.5 Å². The average molecular weight is 450 g/mol. The maximum absolute atomic E-state index is 14.4. The number of rotatable bonds is 2. The van der Waals surface area contributed by atoms with Crippen molar-refractivity contribution in [2.24, 2.45) is 17.6 Å². The van der Waals surface area contributed by atoms with E-state index in [-0.39, 0.29) is 18.4 Å². The van der Waals surface area contributed by atoms with E-state index < -0.39 is 86.6 Å². The summed E-state index contributed by atoms with van der Waals surface area (Å²) in [6.07, 6.45) is -0.419. The van der Waals surface area contributed by atoms with Gasteiger partial charge in [-0.05, 0) is 32.9 Å². The van der Waals surface area contributed by atoms with E-state index in [9.17, 15) is 43.6 Å². The van der Waals surface area contributed by atoms with E-state index in [1.807, 2.05) is 0 Å². The Bertz CT molecular complexity index is 1170.